The van der Waals surface area contributed by atoms with Crippen LogP contribution in [-0.4, -0.2) is 18.3 Å². The minimum atomic E-state index is 0.306. The molecule has 1 aliphatic heterocycles. The van der Waals surface area contributed by atoms with Crippen molar-refractivity contribution in [2.24, 2.45) is 0 Å². The molecular weight excluding hydrogens is 188 g/mol. The first-order chi connectivity index (χ1) is 7.31. The first-order valence-corrected chi connectivity index (χ1v) is 5.34. The van der Waals surface area contributed by atoms with E-state index in [1.54, 1.807) is 12.1 Å². The molecule has 0 atom stereocenters. The lowest BCUT2D eigenvalue weighted by atomic mass is 9.90. The van der Waals surface area contributed by atoms with Gasteiger partial charge in [-0.3, -0.25) is 0 Å². The molecule has 80 valence electrons. The van der Waals surface area contributed by atoms with Crippen LogP contribution in [0.5, 0.6) is 5.75 Å². The molecule has 1 aliphatic rings. The van der Waals surface area contributed by atoms with Crippen molar-refractivity contribution in [3.05, 3.63) is 35.9 Å². The molecule has 1 N–H and O–H groups in total. The predicted molar refractivity (Wildman–Crippen MR) is 61.0 cm³/mol. The maximum absolute atomic E-state index is 9.54. The molecule has 1 saturated heterocycles. The molecule has 1 heterocycles. The molecule has 15 heavy (non-hydrogen) atoms. The largest absolute Gasteiger partial charge is 0.507 e. The van der Waals surface area contributed by atoms with E-state index in [4.69, 9.17) is 4.74 Å². The average Bonchev–Trinajstić information content (AvgIpc) is 2.31. The Morgan fingerprint density at radius 1 is 1.33 bits per heavy atom. The van der Waals surface area contributed by atoms with Crippen LogP contribution in [0.4, 0.5) is 0 Å². The van der Waals surface area contributed by atoms with E-state index in [-0.39, 0.29) is 0 Å². The van der Waals surface area contributed by atoms with Crippen molar-refractivity contribution in [2.75, 3.05) is 13.2 Å². The zero-order valence-electron chi connectivity index (χ0n) is 8.78. The number of ether oxygens (including phenoxy) is 1. The van der Waals surface area contributed by atoms with Gasteiger partial charge in [0.05, 0.1) is 0 Å². The van der Waals surface area contributed by atoms with Gasteiger partial charge in [-0.05, 0) is 36.5 Å². The number of hydrogen-bond acceptors (Lipinski definition) is 2. The van der Waals surface area contributed by atoms with Gasteiger partial charge in [0, 0.05) is 18.8 Å². The number of phenolic OH excluding ortho intramolecular Hbond substituents is 1. The summed E-state index contributed by atoms with van der Waals surface area (Å²) in [6.07, 6.45) is 3.83. The third-order valence-corrected chi connectivity index (χ3v) is 2.96. The van der Waals surface area contributed by atoms with E-state index in [0.717, 1.165) is 31.6 Å². The highest BCUT2D eigenvalue weighted by molar-refractivity contribution is 5.56. The summed E-state index contributed by atoms with van der Waals surface area (Å²) in [5.41, 5.74) is 2.10. The summed E-state index contributed by atoms with van der Waals surface area (Å²) in [6.45, 7) is 5.38. The highest BCUT2D eigenvalue weighted by Crippen LogP contribution is 2.30. The molecular formula is C13H16O2. The Morgan fingerprint density at radius 3 is 2.73 bits per heavy atom. The molecule has 1 aromatic carbocycles. The predicted octanol–water partition coefficient (Wildman–Crippen LogP) is 2.93. The minimum Gasteiger partial charge on any atom is -0.507 e. The molecule has 2 rings (SSSR count). The van der Waals surface area contributed by atoms with E-state index in [0.29, 0.717) is 11.7 Å². The monoisotopic (exact) mass is 204 g/mol. The minimum absolute atomic E-state index is 0.306. The summed E-state index contributed by atoms with van der Waals surface area (Å²) >= 11 is 0. The van der Waals surface area contributed by atoms with Crippen molar-refractivity contribution in [3.8, 4) is 5.75 Å². The number of phenols is 1. The molecule has 0 radical (unpaired) electrons. The highest BCUT2D eigenvalue weighted by Gasteiger charge is 2.16. The standard InChI is InChI=1S/C13H16O2/c1-2-10-9-12(3-4-13(10)14)11-5-7-15-8-6-11/h2-4,9,11,14H,1,5-8H2. The lowest BCUT2D eigenvalue weighted by Crippen LogP contribution is -2.14. The SMILES string of the molecule is C=Cc1cc(C2CCOCC2)ccc1O. The Morgan fingerprint density at radius 2 is 2.07 bits per heavy atom. The second-order valence-electron chi connectivity index (χ2n) is 3.91. The van der Waals surface area contributed by atoms with Crippen molar-refractivity contribution in [2.45, 2.75) is 18.8 Å². The third-order valence-electron chi connectivity index (χ3n) is 2.96. The Labute approximate surface area is 90.2 Å². The topological polar surface area (TPSA) is 29.5 Å². The van der Waals surface area contributed by atoms with Crippen LogP contribution in [0.25, 0.3) is 6.08 Å². The van der Waals surface area contributed by atoms with E-state index < -0.39 is 0 Å². The summed E-state index contributed by atoms with van der Waals surface area (Å²) < 4.78 is 5.33. The average molecular weight is 204 g/mol. The van der Waals surface area contributed by atoms with Gasteiger partial charge in [-0.15, -0.1) is 0 Å². The van der Waals surface area contributed by atoms with Gasteiger partial charge in [0.2, 0.25) is 0 Å². The van der Waals surface area contributed by atoms with E-state index >= 15 is 0 Å². The molecule has 0 aliphatic carbocycles. The van der Waals surface area contributed by atoms with Crippen LogP contribution in [-0.2, 0) is 4.74 Å². The fourth-order valence-electron chi connectivity index (χ4n) is 2.02. The third kappa shape index (κ3) is 2.21. The summed E-state index contributed by atoms with van der Waals surface area (Å²) in [7, 11) is 0. The van der Waals surface area contributed by atoms with Gasteiger partial charge >= 0.3 is 0 Å². The van der Waals surface area contributed by atoms with Gasteiger partial charge in [-0.2, -0.15) is 0 Å². The van der Waals surface area contributed by atoms with Crippen LogP contribution in [0.3, 0.4) is 0 Å². The highest BCUT2D eigenvalue weighted by atomic mass is 16.5. The summed E-state index contributed by atoms with van der Waals surface area (Å²) in [5, 5.41) is 9.54. The van der Waals surface area contributed by atoms with Gasteiger partial charge in [-0.1, -0.05) is 18.7 Å². The normalized spacial score (nSPS) is 17.6. The quantitative estimate of drug-likeness (QED) is 0.802. The fourth-order valence-corrected chi connectivity index (χ4v) is 2.02. The second kappa shape index (κ2) is 4.49. The lowest BCUT2D eigenvalue weighted by Gasteiger charge is -2.22. The van der Waals surface area contributed by atoms with Crippen LogP contribution in [0.2, 0.25) is 0 Å². The molecule has 1 fully saturated rings. The van der Waals surface area contributed by atoms with Gasteiger partial charge < -0.3 is 9.84 Å². The maximum Gasteiger partial charge on any atom is 0.122 e. The first-order valence-electron chi connectivity index (χ1n) is 5.34. The van der Waals surface area contributed by atoms with E-state index in [2.05, 4.69) is 6.58 Å². The number of rotatable bonds is 2. The zero-order valence-corrected chi connectivity index (χ0v) is 8.78. The van der Waals surface area contributed by atoms with Gasteiger partial charge in [0.1, 0.15) is 5.75 Å². The Bertz CT molecular complexity index is 352. The Balaban J connectivity index is 2.23. The lowest BCUT2D eigenvalue weighted by molar-refractivity contribution is 0.0853. The van der Waals surface area contributed by atoms with E-state index in [1.807, 2.05) is 12.1 Å². The molecule has 2 nitrogen and oxygen atoms in total. The van der Waals surface area contributed by atoms with Crippen LogP contribution in [0.15, 0.2) is 24.8 Å². The second-order valence-corrected chi connectivity index (χ2v) is 3.91. The molecule has 0 saturated carbocycles. The molecule has 0 unspecified atom stereocenters. The van der Waals surface area contributed by atoms with Crippen molar-refractivity contribution >= 4 is 6.08 Å². The number of hydrogen-bond donors (Lipinski definition) is 1. The zero-order chi connectivity index (χ0) is 10.7. The van der Waals surface area contributed by atoms with Gasteiger partial charge in [0.25, 0.3) is 0 Å². The maximum atomic E-state index is 9.54. The fraction of sp³-hybridized carbons (Fsp3) is 0.385. The van der Waals surface area contributed by atoms with Crippen LogP contribution < -0.4 is 0 Å². The molecule has 1 aromatic rings. The van der Waals surface area contributed by atoms with Crippen molar-refractivity contribution < 1.29 is 9.84 Å². The molecule has 0 aromatic heterocycles. The smallest absolute Gasteiger partial charge is 0.122 e. The van der Waals surface area contributed by atoms with E-state index in [9.17, 15) is 5.11 Å². The summed E-state index contributed by atoms with van der Waals surface area (Å²) in [6, 6.07) is 5.78. The number of aromatic hydroxyl groups is 1. The van der Waals surface area contributed by atoms with E-state index in [1.165, 1.54) is 5.56 Å². The van der Waals surface area contributed by atoms with Gasteiger partial charge in [0.15, 0.2) is 0 Å². The van der Waals surface area contributed by atoms with Crippen LogP contribution in [0, 0.1) is 0 Å². The molecule has 2 heteroatoms. The van der Waals surface area contributed by atoms with Gasteiger partial charge in [-0.25, -0.2) is 0 Å². The summed E-state index contributed by atoms with van der Waals surface area (Å²) in [5.74, 6) is 0.874. The Hall–Kier alpha value is -1.28. The van der Waals surface area contributed by atoms with Crippen LogP contribution in [0.1, 0.15) is 29.9 Å². The van der Waals surface area contributed by atoms with Crippen LogP contribution >= 0.6 is 0 Å². The van der Waals surface area contributed by atoms with Crippen molar-refractivity contribution in [3.63, 3.8) is 0 Å². The Kier molecular flexibility index (Phi) is 3.07. The first kappa shape index (κ1) is 10.2. The van der Waals surface area contributed by atoms with Crippen molar-refractivity contribution in [1.82, 2.24) is 0 Å². The summed E-state index contributed by atoms with van der Waals surface area (Å²) in [4.78, 5) is 0. The molecule has 0 spiro atoms. The molecule has 0 amide bonds. The van der Waals surface area contributed by atoms with Crippen molar-refractivity contribution in [1.29, 1.82) is 0 Å². The number of benzene rings is 1. The molecule has 0 bridgehead atoms.